The summed E-state index contributed by atoms with van der Waals surface area (Å²) in [6, 6.07) is 11.5. The van der Waals surface area contributed by atoms with E-state index in [0.29, 0.717) is 19.0 Å². The number of hydrogen-bond acceptors (Lipinski definition) is 6. The van der Waals surface area contributed by atoms with Crippen molar-refractivity contribution in [3.63, 3.8) is 0 Å². The van der Waals surface area contributed by atoms with Crippen molar-refractivity contribution in [1.29, 1.82) is 0 Å². The van der Waals surface area contributed by atoms with Crippen molar-refractivity contribution < 1.29 is 14.2 Å². The Bertz CT molecular complexity index is 746. The fraction of sp³-hybridized carbons (Fsp3) is 0.188. The molecular formula is C16H15N4O2S+. The standard InChI is InChI=1S/C16H15N4O2S/c21-15(22-11-13-4-2-1-3-5-13)7-9-20-8-6-14(10-18-20)16-17-12-23-19-16/h1-6,8,10,12H,7,9,11H2/q+1. The van der Waals surface area contributed by atoms with Crippen LogP contribution >= 0.6 is 11.5 Å². The van der Waals surface area contributed by atoms with Crippen molar-refractivity contribution in [2.75, 3.05) is 0 Å². The first kappa shape index (κ1) is 15.2. The number of rotatable bonds is 6. The summed E-state index contributed by atoms with van der Waals surface area (Å²) in [6.07, 6.45) is 3.77. The molecule has 0 amide bonds. The number of aromatic nitrogens is 4. The lowest BCUT2D eigenvalue weighted by Gasteiger charge is -2.03. The van der Waals surface area contributed by atoms with Crippen LogP contribution in [0, 0.1) is 0 Å². The van der Waals surface area contributed by atoms with Crippen LogP contribution in [0.15, 0.2) is 54.3 Å². The first-order valence-corrected chi connectivity index (χ1v) is 7.97. The van der Waals surface area contributed by atoms with Crippen molar-refractivity contribution in [2.24, 2.45) is 0 Å². The zero-order valence-corrected chi connectivity index (χ0v) is 13.1. The van der Waals surface area contributed by atoms with Crippen LogP contribution in [0.25, 0.3) is 11.4 Å². The molecule has 0 unspecified atom stereocenters. The Morgan fingerprint density at radius 1 is 1.22 bits per heavy atom. The Hall–Kier alpha value is -2.67. The van der Waals surface area contributed by atoms with E-state index in [1.807, 2.05) is 36.4 Å². The van der Waals surface area contributed by atoms with Gasteiger partial charge in [-0.15, -0.1) is 0 Å². The number of nitrogens with zero attached hydrogens (tertiary/aromatic N) is 4. The van der Waals surface area contributed by atoms with Crippen LogP contribution in [0.2, 0.25) is 0 Å². The SMILES string of the molecule is O=C(CC[n+]1ccc(-c2ncsn2)cn1)OCc1ccccc1. The molecule has 0 saturated heterocycles. The third-order valence-corrected chi connectivity index (χ3v) is 3.66. The summed E-state index contributed by atoms with van der Waals surface area (Å²) in [5, 5.41) is 4.26. The highest BCUT2D eigenvalue weighted by atomic mass is 32.1. The molecule has 0 aliphatic rings. The van der Waals surface area contributed by atoms with Gasteiger partial charge in [-0.25, -0.2) is 4.98 Å². The summed E-state index contributed by atoms with van der Waals surface area (Å²) in [4.78, 5) is 15.9. The van der Waals surface area contributed by atoms with E-state index in [-0.39, 0.29) is 12.4 Å². The van der Waals surface area contributed by atoms with Gasteiger partial charge in [0, 0.05) is 6.07 Å². The van der Waals surface area contributed by atoms with Gasteiger partial charge in [0.05, 0.1) is 5.56 Å². The minimum atomic E-state index is -0.242. The molecule has 6 nitrogen and oxygen atoms in total. The average Bonchev–Trinajstić information content (AvgIpc) is 3.14. The van der Waals surface area contributed by atoms with E-state index in [1.165, 1.54) is 11.5 Å². The largest absolute Gasteiger partial charge is 0.461 e. The van der Waals surface area contributed by atoms with Crippen molar-refractivity contribution in [3.8, 4) is 11.4 Å². The Labute approximate surface area is 137 Å². The minimum absolute atomic E-state index is 0.242. The van der Waals surface area contributed by atoms with E-state index in [2.05, 4.69) is 14.5 Å². The minimum Gasteiger partial charge on any atom is -0.461 e. The second-order valence-electron chi connectivity index (χ2n) is 4.83. The van der Waals surface area contributed by atoms with Gasteiger partial charge < -0.3 is 4.74 Å². The summed E-state index contributed by atoms with van der Waals surface area (Å²) in [7, 11) is 0. The summed E-state index contributed by atoms with van der Waals surface area (Å²) in [6.45, 7) is 0.768. The molecule has 0 bridgehead atoms. The van der Waals surface area contributed by atoms with Gasteiger partial charge in [-0.1, -0.05) is 35.0 Å². The number of carbonyl (C=O) groups excluding carboxylic acids is 1. The van der Waals surface area contributed by atoms with Gasteiger partial charge >= 0.3 is 5.97 Å². The molecule has 0 aliphatic carbocycles. The van der Waals surface area contributed by atoms with Crippen LogP contribution in [0.1, 0.15) is 12.0 Å². The Morgan fingerprint density at radius 3 is 2.78 bits per heavy atom. The Kier molecular flexibility index (Phi) is 5.00. The summed E-state index contributed by atoms with van der Waals surface area (Å²) in [5.74, 6) is 0.422. The van der Waals surface area contributed by atoms with Gasteiger partial charge in [-0.3, -0.25) is 4.79 Å². The highest BCUT2D eigenvalue weighted by molar-refractivity contribution is 7.03. The Morgan fingerprint density at radius 2 is 2.09 bits per heavy atom. The molecule has 2 heterocycles. The topological polar surface area (TPSA) is 68.9 Å². The lowest BCUT2D eigenvalue weighted by Crippen LogP contribution is -2.38. The van der Waals surface area contributed by atoms with E-state index in [1.54, 1.807) is 22.6 Å². The van der Waals surface area contributed by atoms with E-state index in [4.69, 9.17) is 4.74 Å². The molecule has 0 radical (unpaired) electrons. The predicted molar refractivity (Wildman–Crippen MR) is 84.2 cm³/mol. The molecule has 0 aliphatic heterocycles. The van der Waals surface area contributed by atoms with Crippen molar-refractivity contribution in [2.45, 2.75) is 19.6 Å². The van der Waals surface area contributed by atoms with E-state index < -0.39 is 0 Å². The Balaban J connectivity index is 1.47. The number of esters is 1. The summed E-state index contributed by atoms with van der Waals surface area (Å²) in [5.41, 5.74) is 3.51. The van der Waals surface area contributed by atoms with Crippen molar-refractivity contribution >= 4 is 17.5 Å². The molecule has 2 aromatic heterocycles. The van der Waals surface area contributed by atoms with Crippen LogP contribution in [-0.2, 0) is 22.7 Å². The van der Waals surface area contributed by atoms with Gasteiger partial charge in [0.25, 0.3) is 0 Å². The second kappa shape index (κ2) is 7.55. The lowest BCUT2D eigenvalue weighted by molar-refractivity contribution is -0.752. The molecule has 0 atom stereocenters. The quantitative estimate of drug-likeness (QED) is 0.512. The van der Waals surface area contributed by atoms with Crippen LogP contribution in [0.5, 0.6) is 0 Å². The third kappa shape index (κ3) is 4.40. The van der Waals surface area contributed by atoms with E-state index >= 15 is 0 Å². The van der Waals surface area contributed by atoms with Gasteiger partial charge in [-0.05, 0) is 22.2 Å². The van der Waals surface area contributed by atoms with E-state index in [9.17, 15) is 4.79 Å². The van der Waals surface area contributed by atoms with Crippen molar-refractivity contribution in [1.82, 2.24) is 14.5 Å². The molecule has 116 valence electrons. The highest BCUT2D eigenvalue weighted by Gasteiger charge is 2.11. The molecule has 0 spiro atoms. The molecular weight excluding hydrogens is 312 g/mol. The fourth-order valence-corrected chi connectivity index (χ4v) is 2.41. The first-order valence-electron chi connectivity index (χ1n) is 7.13. The van der Waals surface area contributed by atoms with Crippen LogP contribution < -0.4 is 4.68 Å². The molecule has 3 rings (SSSR count). The van der Waals surface area contributed by atoms with Crippen LogP contribution in [-0.4, -0.2) is 20.4 Å². The maximum atomic E-state index is 11.8. The number of aryl methyl sites for hydroxylation is 1. The average molecular weight is 327 g/mol. The number of carbonyl (C=O) groups is 1. The number of benzene rings is 1. The van der Waals surface area contributed by atoms with Gasteiger partial charge in [0.2, 0.25) is 0 Å². The predicted octanol–water partition coefficient (Wildman–Crippen LogP) is 2.02. The second-order valence-corrected chi connectivity index (χ2v) is 5.43. The molecule has 0 saturated carbocycles. The maximum Gasteiger partial charge on any atom is 0.312 e. The highest BCUT2D eigenvalue weighted by Crippen LogP contribution is 2.11. The van der Waals surface area contributed by atoms with Crippen molar-refractivity contribution in [3.05, 3.63) is 59.9 Å². The molecule has 0 fully saturated rings. The number of ether oxygens (including phenoxy) is 1. The molecule has 23 heavy (non-hydrogen) atoms. The molecule has 0 N–H and O–H groups in total. The summed E-state index contributed by atoms with van der Waals surface area (Å²) >= 11 is 1.30. The van der Waals surface area contributed by atoms with Crippen LogP contribution in [0.3, 0.4) is 0 Å². The molecule has 7 heteroatoms. The van der Waals surface area contributed by atoms with Crippen LogP contribution in [0.4, 0.5) is 0 Å². The lowest BCUT2D eigenvalue weighted by atomic mass is 10.2. The third-order valence-electron chi connectivity index (χ3n) is 3.18. The van der Waals surface area contributed by atoms with E-state index in [0.717, 1.165) is 11.1 Å². The van der Waals surface area contributed by atoms with Gasteiger partial charge in [0.1, 0.15) is 24.7 Å². The molecule has 3 aromatic rings. The van der Waals surface area contributed by atoms with Gasteiger partial charge in [0.15, 0.2) is 18.6 Å². The molecule has 1 aromatic carbocycles. The summed E-state index contributed by atoms with van der Waals surface area (Å²) < 4.78 is 11.1. The fourth-order valence-electron chi connectivity index (χ4n) is 1.96. The zero-order chi connectivity index (χ0) is 15.9. The number of hydrogen-bond donors (Lipinski definition) is 0. The normalized spacial score (nSPS) is 10.4. The zero-order valence-electron chi connectivity index (χ0n) is 12.3. The van der Waals surface area contributed by atoms with Gasteiger partial charge in [-0.2, -0.15) is 4.37 Å². The smallest absolute Gasteiger partial charge is 0.312 e. The first-order chi connectivity index (χ1) is 11.3. The maximum absolute atomic E-state index is 11.8. The monoisotopic (exact) mass is 327 g/mol.